The molecule has 0 aliphatic rings. The number of carbonyl (C=O) groups excluding carboxylic acids is 2. The molecule has 0 atom stereocenters. The zero-order valence-electron chi connectivity index (χ0n) is 14.9. The molecule has 2 aromatic heterocycles. The summed E-state index contributed by atoms with van der Waals surface area (Å²) < 4.78 is 15.7. The lowest BCUT2D eigenvalue weighted by Gasteiger charge is -2.07. The van der Waals surface area contributed by atoms with E-state index in [1.807, 2.05) is 0 Å². The van der Waals surface area contributed by atoms with Gasteiger partial charge in [0, 0.05) is 5.02 Å². The van der Waals surface area contributed by atoms with E-state index >= 15 is 0 Å². The molecule has 28 heavy (non-hydrogen) atoms. The largest absolute Gasteiger partial charge is 0.462 e. The van der Waals surface area contributed by atoms with Crippen LogP contribution in [0.25, 0.3) is 11.1 Å². The van der Waals surface area contributed by atoms with E-state index in [4.69, 9.17) is 42.8 Å². The molecule has 8 nitrogen and oxygen atoms in total. The number of furan rings is 1. The third kappa shape index (κ3) is 3.88. The van der Waals surface area contributed by atoms with Crippen LogP contribution in [0.2, 0.25) is 10.0 Å². The predicted molar refractivity (Wildman–Crippen MR) is 102 cm³/mol. The number of rotatable bonds is 5. The fourth-order valence-corrected chi connectivity index (χ4v) is 2.93. The van der Waals surface area contributed by atoms with Crippen molar-refractivity contribution in [3.8, 4) is 0 Å². The molecule has 2 heterocycles. The van der Waals surface area contributed by atoms with E-state index in [9.17, 15) is 9.59 Å². The van der Waals surface area contributed by atoms with Gasteiger partial charge in [0.05, 0.1) is 22.6 Å². The molecule has 0 aliphatic heterocycles. The molecular formula is C18H15Cl2N3O5. The van der Waals surface area contributed by atoms with Gasteiger partial charge in [0.1, 0.15) is 17.1 Å². The topological polar surface area (TPSA) is 118 Å². The van der Waals surface area contributed by atoms with Gasteiger partial charge in [0.25, 0.3) is 0 Å². The summed E-state index contributed by atoms with van der Waals surface area (Å²) in [6.07, 6.45) is 0. The summed E-state index contributed by atoms with van der Waals surface area (Å²) in [7, 11) is 0. The van der Waals surface area contributed by atoms with Gasteiger partial charge in [-0.05, 0) is 32.0 Å². The first-order chi connectivity index (χ1) is 13.3. The summed E-state index contributed by atoms with van der Waals surface area (Å²) in [5.41, 5.74) is 6.35. The number of nitrogen functional groups attached to an aromatic ring is 1. The molecule has 0 fully saturated rings. The number of anilines is 1. The summed E-state index contributed by atoms with van der Waals surface area (Å²) in [6, 6.07) is 4.44. The molecular weight excluding hydrogens is 409 g/mol. The molecule has 0 spiro atoms. The summed E-state index contributed by atoms with van der Waals surface area (Å²) >= 11 is 11.9. The van der Waals surface area contributed by atoms with Crippen LogP contribution in [-0.2, 0) is 16.1 Å². The summed E-state index contributed by atoms with van der Waals surface area (Å²) in [4.78, 5) is 32.6. The minimum atomic E-state index is -0.697. The Labute approximate surface area is 169 Å². The van der Waals surface area contributed by atoms with E-state index in [2.05, 4.69) is 9.97 Å². The molecule has 0 radical (unpaired) electrons. The number of aromatic nitrogens is 2. The molecule has 0 saturated heterocycles. The second-order valence-electron chi connectivity index (χ2n) is 5.66. The molecule has 3 rings (SSSR count). The van der Waals surface area contributed by atoms with E-state index in [0.717, 1.165) is 0 Å². The van der Waals surface area contributed by atoms with Crippen LogP contribution in [0.1, 0.15) is 39.2 Å². The van der Waals surface area contributed by atoms with Gasteiger partial charge in [0.2, 0.25) is 5.71 Å². The van der Waals surface area contributed by atoms with E-state index in [0.29, 0.717) is 10.8 Å². The number of hydrogen-bond acceptors (Lipinski definition) is 8. The molecule has 0 aliphatic carbocycles. The van der Waals surface area contributed by atoms with Crippen molar-refractivity contribution in [2.75, 3.05) is 12.3 Å². The number of benzene rings is 1. The van der Waals surface area contributed by atoms with Crippen LogP contribution < -0.4 is 5.73 Å². The third-order valence-corrected chi connectivity index (χ3v) is 4.33. The third-order valence-electron chi connectivity index (χ3n) is 3.76. The lowest BCUT2D eigenvalue weighted by molar-refractivity contribution is 0.0461. The van der Waals surface area contributed by atoms with Crippen molar-refractivity contribution >= 4 is 52.1 Å². The maximum absolute atomic E-state index is 12.2. The normalized spacial score (nSPS) is 10.9. The number of nitrogens with zero attached hydrogens (tertiary/aromatic N) is 2. The zero-order valence-corrected chi connectivity index (χ0v) is 16.4. The lowest BCUT2D eigenvalue weighted by atomic mass is 10.2. The highest BCUT2D eigenvalue weighted by molar-refractivity contribution is 6.35. The Hall–Kier alpha value is -2.84. The van der Waals surface area contributed by atoms with Crippen LogP contribution in [0.15, 0.2) is 22.6 Å². The maximum Gasteiger partial charge on any atom is 0.342 e. The Morgan fingerprint density at radius 2 is 1.93 bits per heavy atom. The number of halogens is 2. The van der Waals surface area contributed by atoms with Crippen molar-refractivity contribution < 1.29 is 23.5 Å². The van der Waals surface area contributed by atoms with Crippen molar-refractivity contribution in [3.05, 3.63) is 51.0 Å². The number of esters is 2. The summed E-state index contributed by atoms with van der Waals surface area (Å²) in [6.45, 7) is 3.20. The predicted octanol–water partition coefficient (Wildman–Crippen LogP) is 3.95. The Morgan fingerprint density at radius 3 is 2.64 bits per heavy atom. The van der Waals surface area contributed by atoms with Gasteiger partial charge in [-0.2, -0.15) is 4.98 Å². The standard InChI is InChI=1S/C18H15Cl2N3O5/c1-3-26-18(25)13-8(2)28-16-14(13)15(21)22-12(23-16)7-27-17(24)10-6-9(19)4-5-11(10)20/h4-6H,3,7H2,1-2H3,(H2,21,22,23). The van der Waals surface area contributed by atoms with Crippen LogP contribution in [0.4, 0.5) is 5.82 Å². The number of carbonyl (C=O) groups is 2. The fourth-order valence-electron chi connectivity index (χ4n) is 2.56. The molecule has 0 bridgehead atoms. The first-order valence-electron chi connectivity index (χ1n) is 8.16. The van der Waals surface area contributed by atoms with Gasteiger partial charge in [-0.15, -0.1) is 0 Å². The van der Waals surface area contributed by atoms with Crippen molar-refractivity contribution in [3.63, 3.8) is 0 Å². The number of aryl methyl sites for hydroxylation is 1. The van der Waals surface area contributed by atoms with E-state index in [-0.39, 0.29) is 52.1 Å². The van der Waals surface area contributed by atoms with Gasteiger partial charge < -0.3 is 19.6 Å². The SMILES string of the molecule is CCOC(=O)c1c(C)oc2nc(COC(=O)c3cc(Cl)ccc3Cl)nc(N)c12. The van der Waals surface area contributed by atoms with E-state index in [1.54, 1.807) is 19.9 Å². The number of hydrogen-bond donors (Lipinski definition) is 1. The average Bonchev–Trinajstić information content (AvgIpc) is 2.98. The van der Waals surface area contributed by atoms with Crippen LogP contribution in [0, 0.1) is 6.92 Å². The molecule has 0 saturated carbocycles. The molecule has 2 N–H and O–H groups in total. The Kier molecular flexibility index (Phi) is 5.71. The molecule has 10 heteroatoms. The molecule has 3 aromatic rings. The van der Waals surface area contributed by atoms with Gasteiger partial charge in [-0.1, -0.05) is 23.2 Å². The van der Waals surface area contributed by atoms with Gasteiger partial charge >= 0.3 is 11.9 Å². The highest BCUT2D eigenvalue weighted by atomic mass is 35.5. The molecule has 0 unspecified atom stereocenters. The Balaban J connectivity index is 1.86. The second-order valence-corrected chi connectivity index (χ2v) is 6.50. The monoisotopic (exact) mass is 423 g/mol. The number of ether oxygens (including phenoxy) is 2. The summed E-state index contributed by atoms with van der Waals surface area (Å²) in [5.74, 6) is -0.867. The maximum atomic E-state index is 12.2. The van der Waals surface area contributed by atoms with Gasteiger partial charge in [-0.25, -0.2) is 14.6 Å². The highest BCUT2D eigenvalue weighted by Crippen LogP contribution is 2.29. The summed E-state index contributed by atoms with van der Waals surface area (Å²) in [5, 5.41) is 0.797. The van der Waals surface area contributed by atoms with Gasteiger partial charge in [-0.3, -0.25) is 0 Å². The van der Waals surface area contributed by atoms with Gasteiger partial charge in [0.15, 0.2) is 12.4 Å². The first-order valence-corrected chi connectivity index (χ1v) is 8.92. The quantitative estimate of drug-likeness (QED) is 0.612. The Morgan fingerprint density at radius 1 is 1.18 bits per heavy atom. The van der Waals surface area contributed by atoms with Crippen LogP contribution >= 0.6 is 23.2 Å². The van der Waals surface area contributed by atoms with Crippen LogP contribution in [0.3, 0.4) is 0 Å². The fraction of sp³-hybridized carbons (Fsp3) is 0.222. The first kappa shape index (κ1) is 19.9. The van der Waals surface area contributed by atoms with E-state index < -0.39 is 11.9 Å². The lowest BCUT2D eigenvalue weighted by Crippen LogP contribution is -2.10. The smallest absolute Gasteiger partial charge is 0.342 e. The second kappa shape index (κ2) is 8.04. The average molecular weight is 424 g/mol. The van der Waals surface area contributed by atoms with Crippen molar-refractivity contribution in [1.29, 1.82) is 0 Å². The Bertz CT molecular complexity index is 1080. The van der Waals surface area contributed by atoms with Crippen LogP contribution in [-0.4, -0.2) is 28.5 Å². The molecule has 0 amide bonds. The number of nitrogens with two attached hydrogens (primary N) is 1. The van der Waals surface area contributed by atoms with Crippen LogP contribution in [0.5, 0.6) is 0 Å². The van der Waals surface area contributed by atoms with Crippen molar-refractivity contribution in [2.24, 2.45) is 0 Å². The highest BCUT2D eigenvalue weighted by Gasteiger charge is 2.24. The molecule has 146 valence electrons. The zero-order chi connectivity index (χ0) is 20.4. The minimum Gasteiger partial charge on any atom is -0.462 e. The molecule has 1 aromatic carbocycles. The number of fused-ring (bicyclic) bond motifs is 1. The van der Waals surface area contributed by atoms with E-state index in [1.165, 1.54) is 12.1 Å². The van der Waals surface area contributed by atoms with Crippen molar-refractivity contribution in [2.45, 2.75) is 20.5 Å². The minimum absolute atomic E-state index is 0.0109. The van der Waals surface area contributed by atoms with Crippen molar-refractivity contribution in [1.82, 2.24) is 9.97 Å².